The molecule has 1 saturated carbocycles. The molecule has 0 bridgehead atoms. The highest BCUT2D eigenvalue weighted by Crippen LogP contribution is 2.47. The summed E-state index contributed by atoms with van der Waals surface area (Å²) in [5.41, 5.74) is -1.57. The lowest BCUT2D eigenvalue weighted by atomic mass is 9.86. The number of H-pyrrole nitrogens is 1. The molecule has 2 heterocycles. The Labute approximate surface area is 199 Å². The summed E-state index contributed by atoms with van der Waals surface area (Å²) >= 11 is 0. The lowest BCUT2D eigenvalue weighted by Gasteiger charge is -2.48. The molecule has 1 spiro atoms. The zero-order valence-corrected chi connectivity index (χ0v) is 20.3. The summed E-state index contributed by atoms with van der Waals surface area (Å²) in [6, 6.07) is 1.27. The molecule has 1 aromatic heterocycles. The van der Waals surface area contributed by atoms with E-state index in [2.05, 4.69) is 37.0 Å². The zero-order valence-electron chi connectivity index (χ0n) is 20.3. The molecular weight excluding hydrogens is 436 g/mol. The van der Waals surface area contributed by atoms with E-state index in [1.807, 2.05) is 19.1 Å². The van der Waals surface area contributed by atoms with Gasteiger partial charge in [0.25, 0.3) is 5.56 Å². The predicted octanol–water partition coefficient (Wildman–Crippen LogP) is 2.28. The number of carbonyl (C=O) groups excluding carboxylic acids is 3. The van der Waals surface area contributed by atoms with Crippen LogP contribution in [0.3, 0.4) is 0 Å². The van der Waals surface area contributed by atoms with Crippen LogP contribution in [-0.2, 0) is 20.9 Å². The lowest BCUT2D eigenvalue weighted by Crippen LogP contribution is -2.68. The first kappa shape index (κ1) is 25.3. The Morgan fingerprint density at radius 1 is 1.32 bits per heavy atom. The van der Waals surface area contributed by atoms with E-state index >= 15 is 0 Å². The first-order valence-corrected chi connectivity index (χ1v) is 11.6. The zero-order chi connectivity index (χ0) is 25.1. The second-order valence-electron chi connectivity index (χ2n) is 9.48. The lowest BCUT2D eigenvalue weighted by molar-refractivity contribution is -0.161. The van der Waals surface area contributed by atoms with Crippen LogP contribution in [0.15, 0.2) is 51.8 Å². The minimum Gasteiger partial charge on any atom is -0.382 e. The van der Waals surface area contributed by atoms with Crippen molar-refractivity contribution < 1.29 is 18.9 Å². The van der Waals surface area contributed by atoms with Crippen molar-refractivity contribution in [3.63, 3.8) is 0 Å². The van der Waals surface area contributed by atoms with E-state index in [9.17, 15) is 19.2 Å². The maximum Gasteiger partial charge on any atom is 0.280 e. The topological polar surface area (TPSA) is 116 Å². The molecule has 9 heteroatoms. The van der Waals surface area contributed by atoms with Crippen LogP contribution in [0.5, 0.6) is 0 Å². The molecule has 3 rings (SSSR count). The number of nitrogens with zero attached hydrogens (tertiary/aromatic N) is 2. The third-order valence-electron chi connectivity index (χ3n) is 6.43. The maximum absolute atomic E-state index is 13.7. The average Bonchev–Trinajstić information content (AvgIpc) is 3.46. The standard InChI is InChI=1S/C25H34N4O5/c1-6-8-18(13-17(3)4)15-24(5,22(32)26-16-19-14-20(30)27-34-19)29-12-11-28(21(31)7-2)25(9-10-25)23(29)33/h6-8,13-14,17H,2,9-12,15-16H2,1,3-5H3,(H,26,32)(H,27,30)/b8-6-,18-13+/t24-/m0/s1. The van der Waals surface area contributed by atoms with Gasteiger partial charge in [-0.2, -0.15) is 5.16 Å². The van der Waals surface area contributed by atoms with E-state index in [4.69, 9.17) is 4.52 Å². The fourth-order valence-corrected chi connectivity index (χ4v) is 4.66. The van der Waals surface area contributed by atoms with Crippen molar-refractivity contribution in [1.82, 2.24) is 20.3 Å². The van der Waals surface area contributed by atoms with Crippen LogP contribution in [0.4, 0.5) is 0 Å². The number of aromatic amines is 1. The second-order valence-corrected chi connectivity index (χ2v) is 9.48. The van der Waals surface area contributed by atoms with E-state index in [0.29, 0.717) is 31.6 Å². The van der Waals surface area contributed by atoms with Crippen molar-refractivity contribution in [1.29, 1.82) is 0 Å². The van der Waals surface area contributed by atoms with Gasteiger partial charge in [-0.05, 0) is 44.3 Å². The van der Waals surface area contributed by atoms with Gasteiger partial charge in [-0.15, -0.1) is 0 Å². The molecule has 1 aliphatic heterocycles. The van der Waals surface area contributed by atoms with Gasteiger partial charge >= 0.3 is 0 Å². The van der Waals surface area contributed by atoms with Crippen LogP contribution in [0, 0.1) is 5.92 Å². The minimum atomic E-state index is -1.22. The molecule has 0 aromatic carbocycles. The quantitative estimate of drug-likeness (QED) is 0.424. The van der Waals surface area contributed by atoms with Crippen LogP contribution in [0.2, 0.25) is 0 Å². The molecule has 2 aliphatic rings. The number of allylic oxidation sites excluding steroid dienone is 3. The van der Waals surface area contributed by atoms with Gasteiger partial charge in [0.05, 0.1) is 6.54 Å². The van der Waals surface area contributed by atoms with Crippen LogP contribution in [0.25, 0.3) is 0 Å². The molecule has 1 saturated heterocycles. The number of rotatable bonds is 9. The third-order valence-corrected chi connectivity index (χ3v) is 6.43. The van der Waals surface area contributed by atoms with Crippen molar-refractivity contribution in [2.45, 2.75) is 64.6 Å². The van der Waals surface area contributed by atoms with Gasteiger partial charge in [0.2, 0.25) is 17.7 Å². The molecule has 184 valence electrons. The first-order valence-electron chi connectivity index (χ1n) is 11.6. The SMILES string of the molecule is C=CC(=O)N1CCN([C@@](C)(CC(/C=C\C)=C/C(C)C)C(=O)NCc2cc(=O)[nH]o2)C(=O)C12CC2. The summed E-state index contributed by atoms with van der Waals surface area (Å²) < 4.78 is 5.05. The van der Waals surface area contributed by atoms with E-state index in [-0.39, 0.29) is 36.7 Å². The highest BCUT2D eigenvalue weighted by molar-refractivity contribution is 6.01. The van der Waals surface area contributed by atoms with Gasteiger partial charge in [0.1, 0.15) is 11.1 Å². The van der Waals surface area contributed by atoms with E-state index in [0.717, 1.165) is 5.57 Å². The number of piperazine rings is 1. The van der Waals surface area contributed by atoms with Crippen molar-refractivity contribution in [3.8, 4) is 0 Å². The van der Waals surface area contributed by atoms with E-state index < -0.39 is 16.6 Å². The summed E-state index contributed by atoms with van der Waals surface area (Å²) in [4.78, 5) is 54.4. The number of hydrogen-bond acceptors (Lipinski definition) is 5. The minimum absolute atomic E-state index is 0.00819. The Morgan fingerprint density at radius 2 is 2.03 bits per heavy atom. The van der Waals surface area contributed by atoms with Gasteiger partial charge in [-0.1, -0.05) is 38.7 Å². The average molecular weight is 471 g/mol. The number of nitrogens with one attached hydrogen (secondary N) is 2. The Balaban J connectivity index is 1.94. The largest absolute Gasteiger partial charge is 0.382 e. The van der Waals surface area contributed by atoms with Crippen molar-refractivity contribution >= 4 is 17.7 Å². The smallest absolute Gasteiger partial charge is 0.280 e. The van der Waals surface area contributed by atoms with Gasteiger partial charge in [0.15, 0.2) is 5.76 Å². The molecule has 2 N–H and O–H groups in total. The fraction of sp³-hybridized carbons (Fsp3) is 0.520. The highest BCUT2D eigenvalue weighted by atomic mass is 16.5. The summed E-state index contributed by atoms with van der Waals surface area (Å²) in [5, 5.41) is 5.03. The normalized spacial score (nSPS) is 19.6. The second kappa shape index (κ2) is 9.87. The summed E-state index contributed by atoms with van der Waals surface area (Å²) in [7, 11) is 0. The van der Waals surface area contributed by atoms with Crippen molar-refractivity contribution in [3.05, 3.63) is 58.6 Å². The van der Waals surface area contributed by atoms with Crippen LogP contribution < -0.4 is 10.9 Å². The summed E-state index contributed by atoms with van der Waals surface area (Å²) in [6.45, 7) is 11.9. The molecule has 1 aliphatic carbocycles. The third kappa shape index (κ3) is 4.93. The highest BCUT2D eigenvalue weighted by Gasteiger charge is 2.62. The monoisotopic (exact) mass is 470 g/mol. The Kier molecular flexibility index (Phi) is 7.33. The summed E-state index contributed by atoms with van der Waals surface area (Å²) in [6.07, 6.45) is 8.60. The fourth-order valence-electron chi connectivity index (χ4n) is 4.66. The van der Waals surface area contributed by atoms with E-state index in [1.165, 1.54) is 12.1 Å². The molecule has 1 atom stereocenters. The van der Waals surface area contributed by atoms with Crippen LogP contribution in [-0.4, -0.2) is 56.8 Å². The number of hydrogen-bond donors (Lipinski definition) is 2. The predicted molar refractivity (Wildman–Crippen MR) is 128 cm³/mol. The number of carbonyl (C=O) groups is 3. The van der Waals surface area contributed by atoms with Gasteiger partial charge in [0, 0.05) is 25.6 Å². The van der Waals surface area contributed by atoms with Gasteiger partial charge in [-0.3, -0.25) is 19.2 Å². The van der Waals surface area contributed by atoms with E-state index in [1.54, 1.807) is 16.7 Å². The summed E-state index contributed by atoms with van der Waals surface area (Å²) in [5.74, 6) is -0.306. The van der Waals surface area contributed by atoms with Gasteiger partial charge in [-0.25, -0.2) is 0 Å². The number of amides is 3. The van der Waals surface area contributed by atoms with Gasteiger partial charge < -0.3 is 19.6 Å². The van der Waals surface area contributed by atoms with Crippen LogP contribution in [0.1, 0.15) is 52.7 Å². The molecule has 2 fully saturated rings. The van der Waals surface area contributed by atoms with Crippen LogP contribution >= 0.6 is 0 Å². The number of aromatic nitrogens is 1. The molecule has 0 radical (unpaired) electrons. The molecular formula is C25H34N4O5. The Morgan fingerprint density at radius 3 is 2.56 bits per heavy atom. The molecule has 9 nitrogen and oxygen atoms in total. The van der Waals surface area contributed by atoms with Crippen molar-refractivity contribution in [2.75, 3.05) is 13.1 Å². The first-order chi connectivity index (χ1) is 16.1. The maximum atomic E-state index is 13.7. The molecule has 1 aromatic rings. The molecule has 34 heavy (non-hydrogen) atoms. The van der Waals surface area contributed by atoms with Crippen molar-refractivity contribution in [2.24, 2.45) is 5.92 Å². The molecule has 3 amide bonds. The Bertz CT molecular complexity index is 1080. The Hall–Kier alpha value is -3.36. The molecule has 0 unspecified atom stereocenters.